The maximum absolute atomic E-state index is 12.2. The van der Waals surface area contributed by atoms with Crippen LogP contribution in [-0.4, -0.2) is 16.8 Å². The van der Waals surface area contributed by atoms with E-state index in [2.05, 4.69) is 15.6 Å². The molecule has 2 aromatic carbocycles. The fourth-order valence-corrected chi connectivity index (χ4v) is 2.47. The highest BCUT2D eigenvalue weighted by atomic mass is 16.2. The van der Waals surface area contributed by atoms with Gasteiger partial charge in [-0.25, -0.2) is 0 Å². The van der Waals surface area contributed by atoms with E-state index in [1.165, 1.54) is 0 Å². The Morgan fingerprint density at radius 1 is 0.808 bits per heavy atom. The summed E-state index contributed by atoms with van der Waals surface area (Å²) in [7, 11) is 0. The molecule has 0 radical (unpaired) electrons. The average molecular weight is 345 g/mol. The van der Waals surface area contributed by atoms with Crippen molar-refractivity contribution in [1.29, 1.82) is 0 Å². The van der Waals surface area contributed by atoms with Crippen LogP contribution in [-0.2, 0) is 11.2 Å². The second kappa shape index (κ2) is 8.58. The Bertz CT molecular complexity index is 863. The lowest BCUT2D eigenvalue weighted by Crippen LogP contribution is -2.14. The first-order valence-corrected chi connectivity index (χ1v) is 8.36. The van der Waals surface area contributed by atoms with Crippen LogP contribution in [0.15, 0.2) is 79.1 Å². The zero-order chi connectivity index (χ0) is 18.2. The third kappa shape index (κ3) is 5.01. The van der Waals surface area contributed by atoms with Gasteiger partial charge in [0.2, 0.25) is 5.91 Å². The predicted octanol–water partition coefficient (Wildman–Crippen LogP) is 3.91. The minimum Gasteiger partial charge on any atom is -0.326 e. The monoisotopic (exact) mass is 345 g/mol. The first-order chi connectivity index (χ1) is 12.7. The van der Waals surface area contributed by atoms with Crippen molar-refractivity contribution in [2.75, 3.05) is 10.6 Å². The lowest BCUT2D eigenvalue weighted by molar-refractivity contribution is -0.116. The normalized spacial score (nSPS) is 10.2. The largest absolute Gasteiger partial charge is 0.326 e. The minimum atomic E-state index is -0.222. The third-order valence-corrected chi connectivity index (χ3v) is 3.83. The SMILES string of the molecule is O=C(CCc1ccccc1)Nc1ccc(C(=O)Nc2cccnc2)cc1. The summed E-state index contributed by atoms with van der Waals surface area (Å²) in [4.78, 5) is 28.2. The van der Waals surface area contributed by atoms with Crippen molar-refractivity contribution in [3.05, 3.63) is 90.3 Å². The van der Waals surface area contributed by atoms with Crippen molar-refractivity contribution >= 4 is 23.2 Å². The van der Waals surface area contributed by atoms with Crippen LogP contribution in [0.3, 0.4) is 0 Å². The summed E-state index contributed by atoms with van der Waals surface area (Å²) in [5.41, 5.74) is 2.94. The molecule has 130 valence electrons. The number of carbonyl (C=O) groups excluding carboxylic acids is 2. The van der Waals surface area contributed by atoms with Gasteiger partial charge < -0.3 is 10.6 Å². The van der Waals surface area contributed by atoms with Crippen molar-refractivity contribution < 1.29 is 9.59 Å². The topological polar surface area (TPSA) is 71.1 Å². The van der Waals surface area contributed by atoms with Crippen molar-refractivity contribution in [2.24, 2.45) is 0 Å². The molecule has 2 amide bonds. The molecule has 0 bridgehead atoms. The number of aryl methyl sites for hydroxylation is 1. The summed E-state index contributed by atoms with van der Waals surface area (Å²) < 4.78 is 0. The van der Waals surface area contributed by atoms with Crippen LogP contribution in [0.1, 0.15) is 22.3 Å². The van der Waals surface area contributed by atoms with Crippen LogP contribution >= 0.6 is 0 Å². The Morgan fingerprint density at radius 2 is 1.58 bits per heavy atom. The summed E-state index contributed by atoms with van der Waals surface area (Å²) in [6.45, 7) is 0. The lowest BCUT2D eigenvalue weighted by Gasteiger charge is -2.07. The van der Waals surface area contributed by atoms with Gasteiger partial charge in [0.05, 0.1) is 11.9 Å². The summed E-state index contributed by atoms with van der Waals surface area (Å²) in [6, 6.07) is 20.2. The highest BCUT2D eigenvalue weighted by Crippen LogP contribution is 2.13. The Labute approximate surface area is 152 Å². The highest BCUT2D eigenvalue weighted by Gasteiger charge is 2.07. The summed E-state index contributed by atoms with van der Waals surface area (Å²) in [5, 5.41) is 5.62. The molecule has 0 atom stereocenters. The van der Waals surface area contributed by atoms with Crippen molar-refractivity contribution in [2.45, 2.75) is 12.8 Å². The number of hydrogen-bond donors (Lipinski definition) is 2. The first kappa shape index (κ1) is 17.4. The molecule has 0 unspecified atom stereocenters. The number of hydrogen-bond acceptors (Lipinski definition) is 3. The average Bonchev–Trinajstić information content (AvgIpc) is 2.68. The van der Waals surface area contributed by atoms with Crippen molar-refractivity contribution in [3.63, 3.8) is 0 Å². The smallest absolute Gasteiger partial charge is 0.255 e. The third-order valence-electron chi connectivity index (χ3n) is 3.83. The molecule has 3 aromatic rings. The van der Waals surface area contributed by atoms with Crippen LogP contribution < -0.4 is 10.6 Å². The van der Waals surface area contributed by atoms with Gasteiger partial charge in [0.15, 0.2) is 0 Å². The molecule has 0 aliphatic carbocycles. The Kier molecular flexibility index (Phi) is 5.72. The lowest BCUT2D eigenvalue weighted by atomic mass is 10.1. The number of anilines is 2. The van der Waals surface area contributed by atoms with Gasteiger partial charge in [0, 0.05) is 23.9 Å². The number of amides is 2. The van der Waals surface area contributed by atoms with Crippen LogP contribution in [0.25, 0.3) is 0 Å². The molecule has 0 fully saturated rings. The van der Waals surface area contributed by atoms with Gasteiger partial charge in [0.1, 0.15) is 0 Å². The van der Waals surface area contributed by atoms with Gasteiger partial charge >= 0.3 is 0 Å². The van der Waals surface area contributed by atoms with E-state index in [1.807, 2.05) is 30.3 Å². The summed E-state index contributed by atoms with van der Waals surface area (Å²) in [5.74, 6) is -0.277. The minimum absolute atomic E-state index is 0.0542. The molecule has 0 saturated carbocycles. The van der Waals surface area contributed by atoms with E-state index in [0.29, 0.717) is 29.8 Å². The number of nitrogens with one attached hydrogen (secondary N) is 2. The first-order valence-electron chi connectivity index (χ1n) is 8.36. The quantitative estimate of drug-likeness (QED) is 0.712. The molecule has 5 nitrogen and oxygen atoms in total. The predicted molar refractivity (Wildman–Crippen MR) is 102 cm³/mol. The van der Waals surface area contributed by atoms with Gasteiger partial charge in [0.25, 0.3) is 5.91 Å². The van der Waals surface area contributed by atoms with Gasteiger partial charge in [-0.15, -0.1) is 0 Å². The molecule has 0 aliphatic heterocycles. The molecule has 0 spiro atoms. The van der Waals surface area contributed by atoms with Gasteiger partial charge in [-0.2, -0.15) is 0 Å². The van der Waals surface area contributed by atoms with E-state index in [1.54, 1.807) is 48.8 Å². The molecule has 3 rings (SSSR count). The Morgan fingerprint density at radius 3 is 2.27 bits per heavy atom. The Hall–Kier alpha value is -3.47. The number of pyridine rings is 1. The second-order valence-corrected chi connectivity index (χ2v) is 5.81. The van der Waals surface area contributed by atoms with E-state index >= 15 is 0 Å². The maximum atomic E-state index is 12.2. The number of benzene rings is 2. The number of aromatic nitrogens is 1. The molecular formula is C21H19N3O2. The maximum Gasteiger partial charge on any atom is 0.255 e. The number of nitrogens with zero attached hydrogens (tertiary/aromatic N) is 1. The van der Waals surface area contributed by atoms with Gasteiger partial charge in [-0.3, -0.25) is 14.6 Å². The zero-order valence-electron chi connectivity index (χ0n) is 14.2. The fraction of sp³-hybridized carbons (Fsp3) is 0.0952. The van der Waals surface area contributed by atoms with Crippen molar-refractivity contribution in [3.8, 4) is 0 Å². The highest BCUT2D eigenvalue weighted by molar-refractivity contribution is 6.04. The van der Waals surface area contributed by atoms with E-state index in [0.717, 1.165) is 5.56 Å². The summed E-state index contributed by atoms with van der Waals surface area (Å²) in [6.07, 6.45) is 4.33. The van der Waals surface area contributed by atoms with E-state index in [9.17, 15) is 9.59 Å². The summed E-state index contributed by atoms with van der Waals surface area (Å²) >= 11 is 0. The molecule has 0 saturated heterocycles. The molecule has 1 heterocycles. The second-order valence-electron chi connectivity index (χ2n) is 5.81. The van der Waals surface area contributed by atoms with Gasteiger partial charge in [-0.1, -0.05) is 30.3 Å². The van der Waals surface area contributed by atoms with Gasteiger partial charge in [-0.05, 0) is 48.4 Å². The van der Waals surface area contributed by atoms with E-state index < -0.39 is 0 Å². The number of carbonyl (C=O) groups is 2. The fourth-order valence-electron chi connectivity index (χ4n) is 2.47. The number of rotatable bonds is 6. The Balaban J connectivity index is 1.52. The van der Waals surface area contributed by atoms with Crippen LogP contribution in [0, 0.1) is 0 Å². The molecule has 5 heteroatoms. The van der Waals surface area contributed by atoms with Crippen LogP contribution in [0.5, 0.6) is 0 Å². The molecule has 0 aliphatic rings. The van der Waals surface area contributed by atoms with Crippen LogP contribution in [0.4, 0.5) is 11.4 Å². The molecular weight excluding hydrogens is 326 g/mol. The zero-order valence-corrected chi connectivity index (χ0v) is 14.2. The van der Waals surface area contributed by atoms with Crippen LogP contribution in [0.2, 0.25) is 0 Å². The molecule has 1 aromatic heterocycles. The molecule has 26 heavy (non-hydrogen) atoms. The standard InChI is InChI=1S/C21H19N3O2/c25-20(13-8-16-5-2-1-3-6-16)23-18-11-9-17(10-12-18)21(26)24-19-7-4-14-22-15-19/h1-7,9-12,14-15H,8,13H2,(H,23,25)(H,24,26). The van der Waals surface area contributed by atoms with E-state index in [-0.39, 0.29) is 11.8 Å². The van der Waals surface area contributed by atoms with E-state index in [4.69, 9.17) is 0 Å². The van der Waals surface area contributed by atoms with Crippen molar-refractivity contribution in [1.82, 2.24) is 4.98 Å². The molecule has 2 N–H and O–H groups in total.